The van der Waals surface area contributed by atoms with E-state index in [-0.39, 0.29) is 94.7 Å². The van der Waals surface area contributed by atoms with Crippen LogP contribution in [-0.4, -0.2) is 105 Å². The van der Waals surface area contributed by atoms with Gasteiger partial charge in [-0.1, -0.05) is 91.9 Å². The highest BCUT2D eigenvalue weighted by Crippen LogP contribution is 2.54. The highest BCUT2D eigenvalue weighted by Gasteiger charge is 2.46. The molecule has 0 radical (unpaired) electrons. The van der Waals surface area contributed by atoms with E-state index in [1.807, 2.05) is 0 Å². The normalized spacial score (nSPS) is 22.1. The molecule has 13 nitrogen and oxygen atoms in total. The number of esters is 5. The predicted molar refractivity (Wildman–Crippen MR) is 251 cm³/mol. The summed E-state index contributed by atoms with van der Waals surface area (Å²) >= 11 is 0. The fourth-order valence-electron chi connectivity index (χ4n) is 10.5. The Hall–Kier alpha value is -2.77. The van der Waals surface area contributed by atoms with E-state index >= 15 is 0 Å². The van der Waals surface area contributed by atoms with Crippen molar-refractivity contribution >= 4 is 29.8 Å². The van der Waals surface area contributed by atoms with Gasteiger partial charge in [0.05, 0.1) is 31.7 Å². The van der Waals surface area contributed by atoms with Crippen molar-refractivity contribution in [3.8, 4) is 0 Å². The van der Waals surface area contributed by atoms with Gasteiger partial charge in [0, 0.05) is 25.7 Å². The molecule has 1 aliphatic heterocycles. The van der Waals surface area contributed by atoms with E-state index in [4.69, 9.17) is 28.4 Å². The molecule has 376 valence electrons. The Morgan fingerprint density at radius 2 is 1.03 bits per heavy atom. The summed E-state index contributed by atoms with van der Waals surface area (Å²) in [5, 5.41) is 11.0. The lowest BCUT2D eigenvalue weighted by atomic mass is 9.56. The monoisotopic (exact) mass is 922 g/mol. The molecule has 13 heteroatoms. The third-order valence-electron chi connectivity index (χ3n) is 13.6. The minimum atomic E-state index is -1.34. The zero-order chi connectivity index (χ0) is 47.2. The number of carbonyl (C=O) groups excluding carboxylic acids is 5. The molecule has 65 heavy (non-hydrogen) atoms. The lowest BCUT2D eigenvalue weighted by Gasteiger charge is -2.49. The first-order chi connectivity index (χ1) is 31.3. The van der Waals surface area contributed by atoms with Crippen molar-refractivity contribution in [1.82, 2.24) is 4.90 Å². The number of unbranched alkanes of at least 4 members (excludes halogenated alkanes) is 10. The largest absolute Gasteiger partial charge is 0.466 e. The number of aliphatic hydroxyl groups excluding tert-OH is 1. The van der Waals surface area contributed by atoms with Crippen LogP contribution in [0.5, 0.6) is 0 Å². The zero-order valence-electron chi connectivity index (χ0n) is 41.4. The second kappa shape index (κ2) is 32.8. The van der Waals surface area contributed by atoms with Crippen LogP contribution in [0.25, 0.3) is 0 Å². The van der Waals surface area contributed by atoms with Crippen LogP contribution in [0.2, 0.25) is 0 Å². The number of nitrogens with zero attached hydrogens (tertiary/aromatic N) is 1. The highest BCUT2D eigenvalue weighted by molar-refractivity contribution is 5.73. The van der Waals surface area contributed by atoms with Gasteiger partial charge >= 0.3 is 29.8 Å². The molecule has 3 fully saturated rings. The molecule has 3 rings (SSSR count). The van der Waals surface area contributed by atoms with Crippen molar-refractivity contribution < 1.29 is 57.5 Å². The van der Waals surface area contributed by atoms with E-state index in [0.29, 0.717) is 43.8 Å². The fraction of sp³-hybridized carbons (Fsp3) is 0.904. The average molecular weight is 922 g/mol. The maximum absolute atomic E-state index is 13.8. The molecule has 2 saturated carbocycles. The molecule has 0 aromatic carbocycles. The topological polar surface area (TPSA) is 164 Å². The number of carbonyl (C=O) groups is 5. The lowest BCUT2D eigenvalue weighted by Crippen LogP contribution is -2.45. The van der Waals surface area contributed by atoms with E-state index in [9.17, 15) is 29.1 Å². The molecular formula is C52H91NO12. The van der Waals surface area contributed by atoms with Crippen LogP contribution < -0.4 is 0 Å². The van der Waals surface area contributed by atoms with Crippen LogP contribution in [-0.2, 0) is 52.4 Å². The molecule has 4 atom stereocenters. The standard InChI is InChI=1S/C52H91NO12/c1-5-7-9-11-13-17-30-60-45(54)22-19-24-47(56)62-38-52(40-64-49(58)26-21-29-53-27-15-16-28-53,39-63-48(57)25-20-23-46(55)61-31-18-14-12-10-8-6-2)41-65-50(59)37-51-34-42(3)32-44(36-51)33-43(4)35-51/h42-44,47,56H,5-41H2,1-4H3. The predicted octanol–water partition coefficient (Wildman–Crippen LogP) is 10.2. The number of likely N-dealkylation sites (tertiary alicyclic amines) is 1. The van der Waals surface area contributed by atoms with Gasteiger partial charge in [-0.05, 0) is 126 Å². The summed E-state index contributed by atoms with van der Waals surface area (Å²) in [6.45, 7) is 11.3. The molecule has 1 N–H and O–H groups in total. The molecule has 2 bridgehead atoms. The van der Waals surface area contributed by atoms with Crippen LogP contribution in [0.3, 0.4) is 0 Å². The van der Waals surface area contributed by atoms with Crippen molar-refractivity contribution in [3.63, 3.8) is 0 Å². The summed E-state index contributed by atoms with van der Waals surface area (Å²) in [5.74, 6) is -0.400. The molecule has 2 aliphatic carbocycles. The molecular weight excluding hydrogens is 831 g/mol. The van der Waals surface area contributed by atoms with Gasteiger partial charge in [0.25, 0.3) is 0 Å². The number of fused-ring (bicyclic) bond motifs is 2. The first-order valence-corrected chi connectivity index (χ1v) is 26.1. The third kappa shape index (κ3) is 25.3. The quantitative estimate of drug-likeness (QED) is 0.0271. The van der Waals surface area contributed by atoms with Gasteiger partial charge < -0.3 is 38.4 Å². The van der Waals surface area contributed by atoms with Gasteiger partial charge in [-0.25, -0.2) is 0 Å². The number of rotatable bonds is 37. The van der Waals surface area contributed by atoms with E-state index in [1.54, 1.807) is 0 Å². The minimum Gasteiger partial charge on any atom is -0.466 e. The van der Waals surface area contributed by atoms with Gasteiger partial charge in [0.15, 0.2) is 6.29 Å². The Kier molecular flexibility index (Phi) is 28.6. The van der Waals surface area contributed by atoms with Crippen molar-refractivity contribution in [2.24, 2.45) is 28.6 Å². The van der Waals surface area contributed by atoms with Gasteiger partial charge in [-0.15, -0.1) is 0 Å². The number of hydrogen-bond donors (Lipinski definition) is 1. The SMILES string of the molecule is CCCCCCCCOC(=O)CCCC(=O)OCC(COC(=O)CCCN1CCCC1)(COC(=O)CC12CC(C)CC(CC(C)C1)C2)COC(O)CCCC(=O)OCCCCCCCC. The van der Waals surface area contributed by atoms with E-state index in [0.717, 1.165) is 90.3 Å². The summed E-state index contributed by atoms with van der Waals surface area (Å²) in [5.41, 5.74) is -1.48. The Morgan fingerprint density at radius 3 is 1.57 bits per heavy atom. The molecule has 1 saturated heterocycles. The molecule has 0 aromatic rings. The molecule has 4 unspecified atom stereocenters. The first kappa shape index (κ1) is 56.6. The number of aliphatic hydroxyl groups is 1. The maximum atomic E-state index is 13.8. The highest BCUT2D eigenvalue weighted by atomic mass is 16.6. The molecule has 3 aliphatic rings. The molecule has 0 aromatic heterocycles. The van der Waals surface area contributed by atoms with Crippen molar-refractivity contribution in [2.75, 3.05) is 59.3 Å². The van der Waals surface area contributed by atoms with Gasteiger partial charge in [0.2, 0.25) is 0 Å². The number of ether oxygens (including phenoxy) is 6. The van der Waals surface area contributed by atoms with Crippen molar-refractivity contribution in [3.05, 3.63) is 0 Å². The fourth-order valence-corrected chi connectivity index (χ4v) is 10.5. The van der Waals surface area contributed by atoms with Crippen molar-refractivity contribution in [2.45, 2.75) is 214 Å². The Balaban J connectivity index is 1.64. The van der Waals surface area contributed by atoms with Gasteiger partial charge in [-0.2, -0.15) is 0 Å². The van der Waals surface area contributed by atoms with E-state index < -0.39 is 23.6 Å². The van der Waals surface area contributed by atoms with Crippen LogP contribution in [0.1, 0.15) is 207 Å². The van der Waals surface area contributed by atoms with Crippen LogP contribution in [0.15, 0.2) is 0 Å². The summed E-state index contributed by atoms with van der Waals surface area (Å²) in [7, 11) is 0. The van der Waals surface area contributed by atoms with E-state index in [1.165, 1.54) is 51.4 Å². The third-order valence-corrected chi connectivity index (χ3v) is 13.6. The van der Waals surface area contributed by atoms with Gasteiger partial charge in [0.1, 0.15) is 19.8 Å². The number of hydrogen-bond acceptors (Lipinski definition) is 13. The minimum absolute atomic E-state index is 0.0449. The lowest BCUT2D eigenvalue weighted by molar-refractivity contribution is -0.183. The summed E-state index contributed by atoms with van der Waals surface area (Å²) in [6.07, 6.45) is 21.3. The summed E-state index contributed by atoms with van der Waals surface area (Å²) < 4.78 is 34.5. The second-order valence-electron chi connectivity index (χ2n) is 20.5. The van der Waals surface area contributed by atoms with Crippen LogP contribution >= 0.6 is 0 Å². The smallest absolute Gasteiger partial charge is 0.306 e. The molecule has 1 heterocycles. The van der Waals surface area contributed by atoms with E-state index in [2.05, 4.69) is 32.6 Å². The molecule has 0 spiro atoms. The summed E-state index contributed by atoms with van der Waals surface area (Å²) in [6, 6.07) is 0. The first-order valence-electron chi connectivity index (χ1n) is 26.1. The van der Waals surface area contributed by atoms with Crippen LogP contribution in [0.4, 0.5) is 0 Å². The van der Waals surface area contributed by atoms with Gasteiger partial charge in [-0.3, -0.25) is 24.0 Å². The summed E-state index contributed by atoms with van der Waals surface area (Å²) in [4.78, 5) is 67.4. The average Bonchev–Trinajstić information content (AvgIpc) is 3.78. The zero-order valence-corrected chi connectivity index (χ0v) is 41.4. The second-order valence-corrected chi connectivity index (χ2v) is 20.5. The van der Waals surface area contributed by atoms with Crippen molar-refractivity contribution in [1.29, 1.82) is 0 Å². The Morgan fingerprint density at radius 1 is 0.569 bits per heavy atom. The Labute approximate surface area is 392 Å². The maximum Gasteiger partial charge on any atom is 0.306 e. The van der Waals surface area contributed by atoms with Crippen LogP contribution in [0, 0.1) is 28.6 Å². The molecule has 0 amide bonds. The Bertz CT molecular complexity index is 1330.